The first-order valence-electron chi connectivity index (χ1n) is 18.5. The maximum absolute atomic E-state index is 12.9. The number of hydrogen-bond acceptors (Lipinski definition) is 13. The van der Waals surface area contributed by atoms with Crippen LogP contribution in [-0.4, -0.2) is 80.7 Å². The van der Waals surface area contributed by atoms with Crippen LogP contribution in [-0.2, 0) is 52.3 Å². The van der Waals surface area contributed by atoms with E-state index >= 15 is 0 Å². The molecule has 0 aliphatic carbocycles. The molecule has 0 amide bonds. The SMILES string of the molecule is C.C.C#CCBr.C#CCn1cc(-c2cc(C(F)(F)F)nc(S(C)(=O)=O)n2)ccc1=O.C#CCn1cc(-c2cc(C(F)(F)F)nc(S(C)=O)n2)ccc1=O.CSc1nc(-c2ccc(=O)[nH]c2)cc(C(F)(F)F)n1. The zero-order valence-electron chi connectivity index (χ0n) is 35.8. The molecule has 6 heterocycles. The van der Waals surface area contributed by atoms with E-state index in [0.717, 1.165) is 39.1 Å². The molecule has 1 atom stereocenters. The van der Waals surface area contributed by atoms with Crippen molar-refractivity contribution in [1.29, 1.82) is 0 Å². The second-order valence-corrected chi connectivity index (χ2v) is 17.7. The maximum atomic E-state index is 12.9. The molecule has 0 bridgehead atoms. The molecule has 1 N–H and O–H groups in total. The van der Waals surface area contributed by atoms with Gasteiger partial charge in [-0.1, -0.05) is 60.3 Å². The molecular weight excluding hydrogens is 1100 g/mol. The number of H-pyrrole nitrogens is 1. The second kappa shape index (κ2) is 27.0. The molecule has 0 aromatic carbocycles. The lowest BCUT2D eigenvalue weighted by Crippen LogP contribution is -2.18. The molecule has 6 rings (SSSR count). The lowest BCUT2D eigenvalue weighted by atomic mass is 10.2. The molecule has 1 unspecified atom stereocenters. The molecule has 0 saturated carbocycles. The average Bonchev–Trinajstić information content (AvgIpc) is 3.29. The van der Waals surface area contributed by atoms with E-state index in [9.17, 15) is 66.5 Å². The van der Waals surface area contributed by atoms with E-state index in [2.05, 4.69) is 68.6 Å². The van der Waals surface area contributed by atoms with Crippen molar-refractivity contribution in [2.45, 2.75) is 61.9 Å². The molecule has 0 radical (unpaired) electrons. The van der Waals surface area contributed by atoms with Gasteiger partial charge in [0, 0.05) is 66.0 Å². The van der Waals surface area contributed by atoms with Crippen molar-refractivity contribution < 1.29 is 52.1 Å². The Bertz CT molecular complexity index is 3290. The van der Waals surface area contributed by atoms with Gasteiger partial charge in [0.15, 0.2) is 5.16 Å². The third-order valence-electron chi connectivity index (χ3n) is 8.00. The minimum absolute atomic E-state index is 0. The fraction of sp³-hybridized carbons (Fsp3) is 0.250. The Kier molecular flexibility index (Phi) is 23.7. The van der Waals surface area contributed by atoms with E-state index in [-0.39, 0.29) is 66.9 Å². The van der Waals surface area contributed by atoms with Crippen molar-refractivity contribution in [1.82, 2.24) is 44.0 Å². The van der Waals surface area contributed by atoms with Crippen LogP contribution in [0.15, 0.2) is 103 Å². The Morgan fingerprint density at radius 3 is 1.46 bits per heavy atom. The van der Waals surface area contributed by atoms with Gasteiger partial charge in [-0.25, -0.2) is 38.3 Å². The summed E-state index contributed by atoms with van der Waals surface area (Å²) in [5, 5.41) is -0.713. The summed E-state index contributed by atoms with van der Waals surface area (Å²) < 4.78 is 153. The van der Waals surface area contributed by atoms with Crippen molar-refractivity contribution >= 4 is 48.3 Å². The summed E-state index contributed by atoms with van der Waals surface area (Å²) in [6.45, 7) is -0.126. The van der Waals surface area contributed by atoms with Crippen LogP contribution in [0.3, 0.4) is 0 Å². The van der Waals surface area contributed by atoms with Gasteiger partial charge in [-0.3, -0.25) is 18.6 Å². The molecule has 6 aromatic rings. The fourth-order valence-corrected chi connectivity index (χ4v) is 6.28. The standard InChI is InChI=1S/C14H10F3N3O3S.C14H10F3N3O2S.C11H8F3N3OS.C3H3Br.2CH4/c1-3-6-20-8-9(4-5-12(20)21)10-7-11(14(15,16)17)19-13(18-10)24(2,22)23;1-3-6-20-8-9(4-5-12(20)21)10-7-11(14(15,16)17)19-13(18-10)23(2)22;1-19-10-16-7(4-8(17-10)11(12,13)14)6-2-3-9(18)15-5-6;1-2-3-4;;/h1,4-5,7-8H,6H2,2H3;1,4-5,7-8H,6H2,2H3;2-5H,1H3,(H,15,18);1H,3H2;2*1H4. The summed E-state index contributed by atoms with van der Waals surface area (Å²) in [6.07, 6.45) is 8.17. The summed E-state index contributed by atoms with van der Waals surface area (Å²) in [5.41, 5.74) is -4.34. The number of hydrogen-bond donors (Lipinski definition) is 1. The minimum atomic E-state index is -4.86. The molecule has 15 nitrogen and oxygen atoms in total. The molecule has 6 aromatic heterocycles. The third-order valence-corrected chi connectivity index (χ3v) is 10.4. The Morgan fingerprint density at radius 2 is 1.08 bits per heavy atom. The number of aromatic nitrogens is 9. The normalized spacial score (nSPS) is 11.4. The van der Waals surface area contributed by atoms with E-state index in [4.69, 9.17) is 19.3 Å². The van der Waals surface area contributed by atoms with Crippen molar-refractivity contribution in [3.8, 4) is 70.8 Å². The number of sulfone groups is 1. The highest BCUT2D eigenvalue weighted by Crippen LogP contribution is 2.33. The topological polar surface area (TPSA) is 205 Å². The predicted molar refractivity (Wildman–Crippen MR) is 258 cm³/mol. The number of thioether (sulfide) groups is 1. The summed E-state index contributed by atoms with van der Waals surface area (Å²) in [5.74, 6) is 6.85. The number of aromatic amines is 1. The Morgan fingerprint density at radius 1 is 0.667 bits per heavy atom. The summed E-state index contributed by atoms with van der Waals surface area (Å²) in [6, 6.07) is 9.64. The van der Waals surface area contributed by atoms with Crippen LogP contribution >= 0.6 is 27.7 Å². The zero-order chi connectivity index (χ0) is 52.8. The number of alkyl halides is 10. The first-order valence-corrected chi connectivity index (χ1v) is 24.3. The maximum Gasteiger partial charge on any atom is 0.433 e. The molecule has 0 spiro atoms. The van der Waals surface area contributed by atoms with Crippen LogP contribution in [0.5, 0.6) is 0 Å². The van der Waals surface area contributed by atoms with Crippen LogP contribution in [0.25, 0.3) is 33.8 Å². The highest BCUT2D eigenvalue weighted by atomic mass is 79.9. The lowest BCUT2D eigenvalue weighted by Gasteiger charge is -2.10. The van der Waals surface area contributed by atoms with E-state index in [0.29, 0.717) is 23.2 Å². The van der Waals surface area contributed by atoms with Gasteiger partial charge in [0.05, 0.1) is 46.3 Å². The molecule has 28 heteroatoms. The highest BCUT2D eigenvalue weighted by molar-refractivity contribution is 9.09. The van der Waals surface area contributed by atoms with Crippen molar-refractivity contribution in [3.05, 3.63) is 121 Å². The Hall–Kier alpha value is -6.93. The number of nitrogens with one attached hydrogen (secondary N) is 1. The minimum Gasteiger partial charge on any atom is -0.328 e. The number of terminal acetylenes is 3. The van der Waals surface area contributed by atoms with Crippen LogP contribution in [0.2, 0.25) is 0 Å². The zero-order valence-corrected chi connectivity index (χ0v) is 39.8. The van der Waals surface area contributed by atoms with Crippen LogP contribution in [0, 0.1) is 37.0 Å². The number of rotatable bonds is 8. The van der Waals surface area contributed by atoms with E-state index in [1.807, 2.05) is 0 Å². The number of halogens is 10. The second-order valence-electron chi connectivity index (χ2n) is 13.1. The highest BCUT2D eigenvalue weighted by Gasteiger charge is 2.36. The van der Waals surface area contributed by atoms with Gasteiger partial charge in [-0.15, -0.1) is 19.3 Å². The first-order chi connectivity index (χ1) is 32.5. The van der Waals surface area contributed by atoms with Gasteiger partial charge in [0.2, 0.25) is 25.7 Å². The summed E-state index contributed by atoms with van der Waals surface area (Å²) >= 11 is 4.03. The molecule has 0 saturated heterocycles. The summed E-state index contributed by atoms with van der Waals surface area (Å²) in [7, 11) is -5.86. The van der Waals surface area contributed by atoms with Gasteiger partial charge >= 0.3 is 18.5 Å². The van der Waals surface area contributed by atoms with Crippen molar-refractivity contribution in [2.75, 3.05) is 24.1 Å². The monoisotopic (exact) mass is 1140 g/mol. The summed E-state index contributed by atoms with van der Waals surface area (Å²) in [4.78, 5) is 57.8. The molecule has 72 heavy (non-hydrogen) atoms. The van der Waals surface area contributed by atoms with Gasteiger partial charge in [0.25, 0.3) is 11.1 Å². The average molecular weight is 1140 g/mol. The van der Waals surface area contributed by atoms with Gasteiger partial charge in [-0.2, -0.15) is 39.5 Å². The molecule has 0 aliphatic rings. The van der Waals surface area contributed by atoms with E-state index in [1.165, 1.54) is 55.2 Å². The van der Waals surface area contributed by atoms with Gasteiger partial charge < -0.3 is 14.1 Å². The largest absolute Gasteiger partial charge is 0.433 e. The molecule has 0 fully saturated rings. The van der Waals surface area contributed by atoms with Gasteiger partial charge in [0.1, 0.15) is 17.1 Å². The van der Waals surface area contributed by atoms with Crippen molar-refractivity contribution in [3.63, 3.8) is 0 Å². The quantitative estimate of drug-likeness (QED) is 0.0506. The molecule has 0 aliphatic heterocycles. The Labute approximate surface area is 420 Å². The van der Waals surface area contributed by atoms with Crippen LogP contribution in [0.4, 0.5) is 39.5 Å². The van der Waals surface area contributed by atoms with E-state index in [1.54, 1.807) is 6.26 Å². The smallest absolute Gasteiger partial charge is 0.328 e. The van der Waals surface area contributed by atoms with Crippen LogP contribution < -0.4 is 16.7 Å². The third kappa shape index (κ3) is 18.7. The Balaban J connectivity index is 0.000000516. The van der Waals surface area contributed by atoms with Crippen molar-refractivity contribution in [2.24, 2.45) is 0 Å². The van der Waals surface area contributed by atoms with E-state index < -0.39 is 77.7 Å². The fourth-order valence-electron chi connectivity index (χ4n) is 4.92. The molecular formula is C44H39BrF9N9O6S3. The lowest BCUT2D eigenvalue weighted by molar-refractivity contribution is -0.142. The number of nitrogens with zero attached hydrogens (tertiary/aromatic N) is 8. The number of pyridine rings is 3. The predicted octanol–water partition coefficient (Wildman–Crippen LogP) is 7.91. The van der Waals surface area contributed by atoms with Gasteiger partial charge in [-0.05, 0) is 42.7 Å². The van der Waals surface area contributed by atoms with Crippen LogP contribution in [0.1, 0.15) is 31.9 Å². The first kappa shape index (κ1) is 63.1. The molecule has 384 valence electrons.